The van der Waals surface area contributed by atoms with Crippen LogP contribution in [-0.4, -0.2) is 42.1 Å². The molecule has 2 aromatic carbocycles. The summed E-state index contributed by atoms with van der Waals surface area (Å²) < 4.78 is 41.6. The summed E-state index contributed by atoms with van der Waals surface area (Å²) in [5.74, 6) is -2.46. The number of carboxylic acid groups (broad SMARTS) is 1. The summed E-state index contributed by atoms with van der Waals surface area (Å²) in [6.45, 7) is 1.19. The minimum Gasteiger partial charge on any atom is -0.449 e. The van der Waals surface area contributed by atoms with Crippen LogP contribution in [0.2, 0.25) is 0 Å². The summed E-state index contributed by atoms with van der Waals surface area (Å²) in [6, 6.07) is 7.12. The van der Waals surface area contributed by atoms with E-state index < -0.39 is 29.0 Å². The van der Waals surface area contributed by atoms with Crippen LogP contribution in [0.25, 0.3) is 16.6 Å². The van der Waals surface area contributed by atoms with Crippen LogP contribution in [0.15, 0.2) is 41.3 Å². The summed E-state index contributed by atoms with van der Waals surface area (Å²) in [5, 5.41) is 8.58. The number of aromatic nitrogens is 1. The van der Waals surface area contributed by atoms with Crippen LogP contribution in [0, 0.1) is 11.6 Å². The van der Waals surface area contributed by atoms with Crippen LogP contribution >= 0.6 is 0 Å². The zero-order chi connectivity index (χ0) is 21.4. The van der Waals surface area contributed by atoms with Gasteiger partial charge in [0.1, 0.15) is 11.5 Å². The molecule has 156 valence electrons. The number of halogens is 2. The lowest BCUT2D eigenvalue weighted by Gasteiger charge is -2.30. The van der Waals surface area contributed by atoms with Crippen molar-refractivity contribution in [1.29, 1.82) is 0 Å². The van der Waals surface area contributed by atoms with Crippen molar-refractivity contribution in [2.24, 2.45) is 0 Å². The predicted molar refractivity (Wildman–Crippen MR) is 106 cm³/mol. The summed E-state index contributed by atoms with van der Waals surface area (Å²) in [5.41, 5.74) is 5.11. The van der Waals surface area contributed by atoms with Crippen LogP contribution in [0.5, 0.6) is 5.75 Å². The van der Waals surface area contributed by atoms with E-state index >= 15 is 4.39 Å². The molecule has 8 nitrogen and oxygen atoms in total. The van der Waals surface area contributed by atoms with Gasteiger partial charge in [-0.25, -0.2) is 13.6 Å². The van der Waals surface area contributed by atoms with Gasteiger partial charge in [0.2, 0.25) is 5.43 Å². The molecule has 1 aliphatic rings. The zero-order valence-electron chi connectivity index (χ0n) is 15.6. The number of benzene rings is 2. The molecule has 0 amide bonds. The fourth-order valence-electron chi connectivity index (χ4n) is 3.46. The molecular formula is C20H17F2N3O5. The maximum Gasteiger partial charge on any atom is 0.511 e. The maximum atomic E-state index is 15.7. The molecule has 4 rings (SSSR count). The molecule has 1 aromatic heterocycles. The average molecular weight is 417 g/mol. The Bertz CT molecular complexity index is 1190. The van der Waals surface area contributed by atoms with Crippen LogP contribution in [-0.2, 0) is 4.74 Å². The van der Waals surface area contributed by atoms with Gasteiger partial charge >= 0.3 is 6.16 Å². The third-order valence-corrected chi connectivity index (χ3v) is 4.82. The molecule has 30 heavy (non-hydrogen) atoms. The van der Waals surface area contributed by atoms with Crippen molar-refractivity contribution < 1.29 is 28.2 Å². The molecule has 0 aliphatic carbocycles. The Morgan fingerprint density at radius 2 is 1.83 bits per heavy atom. The maximum absolute atomic E-state index is 15.7. The van der Waals surface area contributed by atoms with Crippen molar-refractivity contribution >= 4 is 28.4 Å². The molecule has 0 unspecified atom stereocenters. The van der Waals surface area contributed by atoms with E-state index in [0.29, 0.717) is 24.6 Å². The Hall–Kier alpha value is -3.66. The summed E-state index contributed by atoms with van der Waals surface area (Å²) in [4.78, 5) is 25.2. The summed E-state index contributed by atoms with van der Waals surface area (Å²) >= 11 is 0. The highest BCUT2D eigenvalue weighted by molar-refractivity contribution is 5.87. The van der Waals surface area contributed by atoms with Gasteiger partial charge in [-0.15, -0.1) is 0 Å². The SMILES string of the molecule is Nc1ccc(-n2cc(OC(=O)O)c(=O)c3cc(F)c(N4CCOCC4)c(F)c32)cc1. The third-order valence-electron chi connectivity index (χ3n) is 4.82. The molecule has 1 fully saturated rings. The molecule has 0 bridgehead atoms. The van der Waals surface area contributed by atoms with Gasteiger partial charge in [0.25, 0.3) is 0 Å². The minimum absolute atomic E-state index is 0.203. The van der Waals surface area contributed by atoms with Crippen LogP contribution in [0.3, 0.4) is 0 Å². The Labute approximate surface area is 168 Å². The van der Waals surface area contributed by atoms with E-state index in [4.69, 9.17) is 15.6 Å². The molecule has 1 saturated heterocycles. The van der Waals surface area contributed by atoms with E-state index in [1.54, 1.807) is 24.3 Å². The molecule has 0 spiro atoms. The number of nitrogens with two attached hydrogens (primary N) is 1. The zero-order valence-corrected chi connectivity index (χ0v) is 15.6. The molecule has 2 heterocycles. The Kier molecular flexibility index (Phi) is 5.00. The fraction of sp³-hybridized carbons (Fsp3) is 0.200. The van der Waals surface area contributed by atoms with Gasteiger partial charge in [-0.3, -0.25) is 4.79 Å². The van der Waals surface area contributed by atoms with Gasteiger partial charge in [0, 0.05) is 24.5 Å². The number of hydrogen-bond acceptors (Lipinski definition) is 6. The Balaban J connectivity index is 2.05. The molecule has 3 aromatic rings. The first-order valence-corrected chi connectivity index (χ1v) is 9.03. The van der Waals surface area contributed by atoms with Gasteiger partial charge in [-0.2, -0.15) is 0 Å². The molecule has 0 atom stereocenters. The average Bonchev–Trinajstić information content (AvgIpc) is 2.71. The highest BCUT2D eigenvalue weighted by Gasteiger charge is 2.26. The van der Waals surface area contributed by atoms with Crippen molar-refractivity contribution in [1.82, 2.24) is 4.57 Å². The normalized spacial score (nSPS) is 14.1. The number of nitrogens with zero attached hydrogens (tertiary/aromatic N) is 2. The molecule has 0 radical (unpaired) electrons. The van der Waals surface area contributed by atoms with Crippen LogP contribution in [0.1, 0.15) is 0 Å². The number of hydrogen-bond donors (Lipinski definition) is 2. The monoisotopic (exact) mass is 417 g/mol. The molecule has 0 saturated carbocycles. The van der Waals surface area contributed by atoms with Crippen LogP contribution < -0.4 is 20.8 Å². The van der Waals surface area contributed by atoms with E-state index in [9.17, 15) is 14.0 Å². The first kappa shape index (κ1) is 19.6. The van der Waals surface area contributed by atoms with Gasteiger partial charge in [-0.05, 0) is 30.3 Å². The van der Waals surface area contributed by atoms with Crippen molar-refractivity contribution in [3.8, 4) is 11.4 Å². The number of ether oxygens (including phenoxy) is 2. The Morgan fingerprint density at radius 1 is 1.17 bits per heavy atom. The molecule has 1 aliphatic heterocycles. The lowest BCUT2D eigenvalue weighted by atomic mass is 10.1. The van der Waals surface area contributed by atoms with E-state index in [1.807, 2.05) is 0 Å². The lowest BCUT2D eigenvalue weighted by Crippen LogP contribution is -2.37. The van der Waals surface area contributed by atoms with E-state index in [2.05, 4.69) is 4.74 Å². The fourth-order valence-corrected chi connectivity index (χ4v) is 3.46. The molecule has 3 N–H and O–H groups in total. The number of rotatable bonds is 3. The van der Waals surface area contributed by atoms with Gasteiger partial charge < -0.3 is 29.8 Å². The smallest absolute Gasteiger partial charge is 0.449 e. The Morgan fingerprint density at radius 3 is 2.47 bits per heavy atom. The highest BCUT2D eigenvalue weighted by atomic mass is 19.1. The van der Waals surface area contributed by atoms with Gasteiger partial charge in [0.15, 0.2) is 11.6 Å². The number of fused-ring (bicyclic) bond motifs is 1. The second-order valence-corrected chi connectivity index (χ2v) is 6.67. The quantitative estimate of drug-likeness (QED) is 0.498. The largest absolute Gasteiger partial charge is 0.511 e. The molecule has 10 heteroatoms. The standard InChI is InChI=1S/C20H17F2N3O5/c21-14-9-13-17(16(22)18(14)24-5-7-29-8-6-24)25(12-3-1-11(23)2-4-12)10-15(19(13)26)30-20(27)28/h1-4,9-10H,5-8,23H2,(H,27,28). The van der Waals surface area contributed by atoms with Crippen LogP contribution in [0.4, 0.5) is 25.0 Å². The second-order valence-electron chi connectivity index (χ2n) is 6.67. The lowest BCUT2D eigenvalue weighted by molar-refractivity contribution is 0.122. The van der Waals surface area contributed by atoms with E-state index in [0.717, 1.165) is 12.3 Å². The number of morpholine rings is 1. The molecular weight excluding hydrogens is 400 g/mol. The number of nitrogen functional groups attached to an aromatic ring is 1. The topological polar surface area (TPSA) is 107 Å². The number of anilines is 2. The highest BCUT2D eigenvalue weighted by Crippen LogP contribution is 2.32. The number of carbonyl (C=O) groups is 1. The number of pyridine rings is 1. The summed E-state index contributed by atoms with van der Waals surface area (Å²) in [6.07, 6.45) is -0.657. The van der Waals surface area contributed by atoms with E-state index in [1.165, 1.54) is 9.47 Å². The van der Waals surface area contributed by atoms with Crippen molar-refractivity contribution in [2.45, 2.75) is 0 Å². The summed E-state index contributed by atoms with van der Waals surface area (Å²) in [7, 11) is 0. The van der Waals surface area contributed by atoms with Crippen molar-refractivity contribution in [3.63, 3.8) is 0 Å². The van der Waals surface area contributed by atoms with E-state index in [-0.39, 0.29) is 29.7 Å². The predicted octanol–water partition coefficient (Wildman–Crippen LogP) is 2.74. The minimum atomic E-state index is -1.72. The van der Waals surface area contributed by atoms with Crippen molar-refractivity contribution in [2.75, 3.05) is 36.9 Å². The van der Waals surface area contributed by atoms with Gasteiger partial charge in [-0.1, -0.05) is 0 Å². The second kappa shape index (κ2) is 7.64. The first-order valence-electron chi connectivity index (χ1n) is 9.03. The third kappa shape index (κ3) is 3.41. The van der Waals surface area contributed by atoms with Gasteiger partial charge in [0.05, 0.1) is 30.3 Å². The first-order chi connectivity index (χ1) is 14.4. The van der Waals surface area contributed by atoms with Crippen molar-refractivity contribution in [3.05, 3.63) is 58.4 Å².